The van der Waals surface area contributed by atoms with Crippen LogP contribution in [0.4, 0.5) is 0 Å². The predicted molar refractivity (Wildman–Crippen MR) is 95.6 cm³/mol. The lowest BCUT2D eigenvalue weighted by atomic mass is 10.2. The zero-order valence-electron chi connectivity index (χ0n) is 14.1. The average molecular weight is 325 g/mol. The van der Waals surface area contributed by atoms with Crippen molar-refractivity contribution in [1.82, 2.24) is 10.2 Å². The van der Waals surface area contributed by atoms with Crippen LogP contribution in [0.5, 0.6) is 11.5 Å². The normalized spacial score (nSPS) is 16.6. The Labute approximate surface area is 142 Å². The van der Waals surface area contributed by atoms with E-state index in [2.05, 4.69) is 27.3 Å². The first kappa shape index (κ1) is 16.2. The largest absolute Gasteiger partial charge is 0.486 e. The summed E-state index contributed by atoms with van der Waals surface area (Å²) in [5, 5.41) is 3.36. The van der Waals surface area contributed by atoms with Crippen LogP contribution < -0.4 is 14.8 Å². The zero-order valence-corrected chi connectivity index (χ0v) is 14.1. The number of para-hydroxylation sites is 2. The van der Waals surface area contributed by atoms with Crippen LogP contribution in [0.2, 0.25) is 0 Å². The lowest BCUT2D eigenvalue weighted by Gasteiger charge is -2.28. The second-order valence-electron chi connectivity index (χ2n) is 5.77. The Morgan fingerprint density at radius 3 is 2.58 bits per heavy atom. The maximum atomic E-state index is 5.96. The number of ether oxygens (including phenoxy) is 2. The van der Waals surface area contributed by atoms with E-state index in [1.54, 1.807) is 7.05 Å². The Balaban J connectivity index is 1.53. The molecule has 0 fully saturated rings. The monoisotopic (exact) mass is 325 g/mol. The van der Waals surface area contributed by atoms with E-state index in [1.165, 1.54) is 5.56 Å². The van der Waals surface area contributed by atoms with Crippen molar-refractivity contribution in [3.63, 3.8) is 0 Å². The van der Waals surface area contributed by atoms with Crippen LogP contribution in [0.15, 0.2) is 59.6 Å². The molecule has 0 radical (unpaired) electrons. The summed E-state index contributed by atoms with van der Waals surface area (Å²) in [6, 6.07) is 18.1. The van der Waals surface area contributed by atoms with Gasteiger partial charge in [-0.2, -0.15) is 0 Å². The van der Waals surface area contributed by atoms with Gasteiger partial charge in [0, 0.05) is 20.6 Å². The highest BCUT2D eigenvalue weighted by atomic mass is 16.6. The zero-order chi connectivity index (χ0) is 16.8. The average Bonchev–Trinajstić information content (AvgIpc) is 2.63. The molecule has 0 aliphatic carbocycles. The molecule has 1 aliphatic heterocycles. The Kier molecular flexibility index (Phi) is 5.21. The van der Waals surface area contributed by atoms with Crippen LogP contribution in [0.1, 0.15) is 5.56 Å². The minimum absolute atomic E-state index is 0.0400. The van der Waals surface area contributed by atoms with Gasteiger partial charge in [-0.15, -0.1) is 0 Å². The van der Waals surface area contributed by atoms with E-state index in [4.69, 9.17) is 9.47 Å². The number of aliphatic imine (C=N–C) groups is 1. The van der Waals surface area contributed by atoms with Crippen LogP contribution in [0, 0.1) is 0 Å². The lowest BCUT2D eigenvalue weighted by Crippen LogP contribution is -2.45. The maximum absolute atomic E-state index is 5.96. The highest BCUT2D eigenvalue weighted by Crippen LogP contribution is 2.30. The van der Waals surface area contributed by atoms with E-state index in [0.717, 1.165) is 24.0 Å². The number of nitrogens with one attached hydrogen (secondary N) is 1. The van der Waals surface area contributed by atoms with Gasteiger partial charge < -0.3 is 19.7 Å². The molecule has 0 saturated carbocycles. The molecule has 1 unspecified atom stereocenters. The van der Waals surface area contributed by atoms with Gasteiger partial charge in [0.2, 0.25) is 0 Å². The molecule has 24 heavy (non-hydrogen) atoms. The Morgan fingerprint density at radius 2 is 1.83 bits per heavy atom. The van der Waals surface area contributed by atoms with Gasteiger partial charge in [0.25, 0.3) is 0 Å². The van der Waals surface area contributed by atoms with Crippen molar-refractivity contribution in [2.75, 3.05) is 27.2 Å². The number of guanidine groups is 1. The summed E-state index contributed by atoms with van der Waals surface area (Å²) >= 11 is 0. The van der Waals surface area contributed by atoms with Crippen molar-refractivity contribution in [3.8, 4) is 11.5 Å². The summed E-state index contributed by atoms with van der Waals surface area (Å²) in [4.78, 5) is 6.44. The molecule has 1 atom stereocenters. The van der Waals surface area contributed by atoms with Crippen molar-refractivity contribution in [2.24, 2.45) is 4.99 Å². The van der Waals surface area contributed by atoms with Crippen molar-refractivity contribution in [1.29, 1.82) is 0 Å². The minimum atomic E-state index is -0.0400. The fourth-order valence-electron chi connectivity index (χ4n) is 2.69. The standard InChI is InChI=1S/C19H23N3O2/c1-20-19(22(2)13-15-8-4-3-5-9-15)21-12-16-14-23-17-10-6-7-11-18(17)24-16/h3-11,16H,12-14H2,1-2H3,(H,20,21). The molecular formula is C19H23N3O2. The fourth-order valence-corrected chi connectivity index (χ4v) is 2.69. The molecule has 5 heteroatoms. The fraction of sp³-hybridized carbons (Fsp3) is 0.316. The molecule has 0 saturated heterocycles. The Morgan fingerprint density at radius 1 is 1.12 bits per heavy atom. The molecule has 5 nitrogen and oxygen atoms in total. The topological polar surface area (TPSA) is 46.1 Å². The number of fused-ring (bicyclic) bond motifs is 1. The van der Waals surface area contributed by atoms with Crippen molar-refractivity contribution < 1.29 is 9.47 Å². The van der Waals surface area contributed by atoms with E-state index in [-0.39, 0.29) is 6.10 Å². The predicted octanol–water partition coefficient (Wildman–Crippen LogP) is 2.53. The van der Waals surface area contributed by atoms with Crippen molar-refractivity contribution in [3.05, 3.63) is 60.2 Å². The van der Waals surface area contributed by atoms with Crippen LogP contribution in [-0.2, 0) is 6.54 Å². The van der Waals surface area contributed by atoms with Crippen LogP contribution in [-0.4, -0.2) is 44.2 Å². The van der Waals surface area contributed by atoms with Crippen molar-refractivity contribution in [2.45, 2.75) is 12.6 Å². The molecule has 0 amide bonds. The second-order valence-corrected chi connectivity index (χ2v) is 5.77. The quantitative estimate of drug-likeness (QED) is 0.693. The molecule has 0 bridgehead atoms. The SMILES string of the molecule is CN=C(NCC1COc2ccccc2O1)N(C)Cc1ccccc1. The van der Waals surface area contributed by atoms with Crippen LogP contribution in [0.25, 0.3) is 0 Å². The summed E-state index contributed by atoms with van der Waals surface area (Å²) in [5.74, 6) is 2.43. The maximum Gasteiger partial charge on any atom is 0.193 e. The number of rotatable bonds is 4. The molecule has 0 spiro atoms. The Hall–Kier alpha value is -2.69. The van der Waals surface area contributed by atoms with Gasteiger partial charge in [-0.25, -0.2) is 0 Å². The number of benzene rings is 2. The third-order valence-corrected chi connectivity index (χ3v) is 3.89. The third-order valence-electron chi connectivity index (χ3n) is 3.89. The van der Waals surface area contributed by atoms with E-state index in [0.29, 0.717) is 13.2 Å². The number of hydrogen-bond donors (Lipinski definition) is 1. The van der Waals surface area contributed by atoms with Gasteiger partial charge in [0.1, 0.15) is 12.7 Å². The molecule has 2 aromatic rings. The van der Waals surface area contributed by atoms with Crippen molar-refractivity contribution >= 4 is 5.96 Å². The third kappa shape index (κ3) is 3.98. The molecule has 1 N–H and O–H groups in total. The summed E-state index contributed by atoms with van der Waals surface area (Å²) in [5.41, 5.74) is 1.24. The lowest BCUT2D eigenvalue weighted by molar-refractivity contribution is 0.0932. The van der Waals surface area contributed by atoms with Crippen LogP contribution >= 0.6 is 0 Å². The van der Waals surface area contributed by atoms with Gasteiger partial charge in [0.15, 0.2) is 17.5 Å². The van der Waals surface area contributed by atoms with E-state index in [1.807, 2.05) is 49.5 Å². The van der Waals surface area contributed by atoms with Gasteiger partial charge in [-0.3, -0.25) is 4.99 Å². The Bertz CT molecular complexity index is 688. The first-order valence-corrected chi connectivity index (χ1v) is 8.10. The first-order chi connectivity index (χ1) is 11.8. The van der Waals surface area contributed by atoms with Gasteiger partial charge in [0.05, 0.1) is 6.54 Å². The molecule has 126 valence electrons. The number of nitrogens with zero attached hydrogens (tertiary/aromatic N) is 2. The summed E-state index contributed by atoms with van der Waals surface area (Å²) < 4.78 is 11.7. The highest BCUT2D eigenvalue weighted by molar-refractivity contribution is 5.79. The molecule has 3 rings (SSSR count). The summed E-state index contributed by atoms with van der Waals surface area (Å²) in [6.45, 7) is 1.97. The van der Waals surface area contributed by atoms with Gasteiger partial charge in [-0.05, 0) is 17.7 Å². The molecule has 1 heterocycles. The van der Waals surface area contributed by atoms with Gasteiger partial charge in [-0.1, -0.05) is 42.5 Å². The van der Waals surface area contributed by atoms with E-state index >= 15 is 0 Å². The summed E-state index contributed by atoms with van der Waals surface area (Å²) in [6.07, 6.45) is -0.0400. The van der Waals surface area contributed by atoms with Crippen LogP contribution in [0.3, 0.4) is 0 Å². The molecule has 2 aromatic carbocycles. The summed E-state index contributed by atoms with van der Waals surface area (Å²) in [7, 11) is 3.81. The molecule has 1 aliphatic rings. The van der Waals surface area contributed by atoms with E-state index < -0.39 is 0 Å². The highest BCUT2D eigenvalue weighted by Gasteiger charge is 2.21. The molecular weight excluding hydrogens is 302 g/mol. The second kappa shape index (κ2) is 7.73. The number of hydrogen-bond acceptors (Lipinski definition) is 3. The smallest absolute Gasteiger partial charge is 0.193 e. The first-order valence-electron chi connectivity index (χ1n) is 8.10. The van der Waals surface area contributed by atoms with Gasteiger partial charge >= 0.3 is 0 Å². The van der Waals surface area contributed by atoms with E-state index in [9.17, 15) is 0 Å². The molecule has 0 aromatic heterocycles. The minimum Gasteiger partial charge on any atom is -0.486 e.